The number of benzene rings is 6. The number of rotatable bonds is 18. The summed E-state index contributed by atoms with van der Waals surface area (Å²) in [7, 11) is 0. The van der Waals surface area contributed by atoms with Crippen molar-refractivity contribution in [3.05, 3.63) is 225 Å². The first-order chi connectivity index (χ1) is 34.4. The van der Waals surface area contributed by atoms with Crippen molar-refractivity contribution in [3.63, 3.8) is 0 Å². The third-order valence-electron chi connectivity index (χ3n) is 12.6. The van der Waals surface area contributed by atoms with Gasteiger partial charge in [0.25, 0.3) is 0 Å². The Balaban J connectivity index is 0.000000174. The molecular weight excluding hydrogens is 1220 g/mol. The predicted molar refractivity (Wildman–Crippen MR) is 273 cm³/mol. The van der Waals surface area contributed by atoms with Crippen LogP contribution in [0.15, 0.2) is 182 Å². The van der Waals surface area contributed by atoms with Crippen LogP contribution in [-0.2, 0) is 64.6 Å². The third kappa shape index (κ3) is 11.6. The van der Waals surface area contributed by atoms with Crippen molar-refractivity contribution in [1.82, 2.24) is 38.7 Å². The van der Waals surface area contributed by atoms with Crippen LogP contribution in [0.2, 0.25) is 0 Å². The molecule has 10 rings (SSSR count). The molecule has 10 aromatic rings. The minimum absolute atomic E-state index is 0.957. The summed E-state index contributed by atoms with van der Waals surface area (Å²) in [5.74, 6) is 0. The summed E-state index contributed by atoms with van der Waals surface area (Å²) in [6, 6.07) is 65.3. The first-order valence-electron chi connectivity index (χ1n) is 24.1. The Labute approximate surface area is 433 Å². The zero-order valence-corrected chi connectivity index (χ0v) is 44.1. The van der Waals surface area contributed by atoms with Gasteiger partial charge in [-0.25, -0.2) is 0 Å². The molecule has 360 valence electrons. The molecule has 8 nitrogen and oxygen atoms in total. The van der Waals surface area contributed by atoms with Gasteiger partial charge >= 0.3 is 424 Å². The molecule has 4 aromatic heterocycles. The molecule has 0 aliphatic rings. The van der Waals surface area contributed by atoms with Crippen molar-refractivity contribution in [2.24, 2.45) is 0 Å². The van der Waals surface area contributed by atoms with Crippen LogP contribution in [-0.4, -0.2) is 28.5 Å². The predicted octanol–water partition coefficient (Wildman–Crippen LogP) is 13.1. The van der Waals surface area contributed by atoms with E-state index in [2.05, 4.69) is 249 Å². The Hall–Kier alpha value is -6.46. The fourth-order valence-electron chi connectivity index (χ4n) is 9.08. The second kappa shape index (κ2) is 23.9. The number of unbranched alkanes of at least 4 members (excludes halogenated alkanes) is 4. The summed E-state index contributed by atoms with van der Waals surface area (Å²) in [4.78, 5) is 0. The molecule has 0 saturated carbocycles. The van der Waals surface area contributed by atoms with E-state index in [1.165, 1.54) is 52.4 Å². The summed E-state index contributed by atoms with van der Waals surface area (Å²) in [6.07, 6.45) is 13.1. The van der Waals surface area contributed by atoms with Gasteiger partial charge in [-0.3, -0.25) is 0 Å². The van der Waals surface area contributed by atoms with Crippen LogP contribution in [0, 0.1) is 33.6 Å². The zero-order chi connectivity index (χ0) is 48.1. The van der Waals surface area contributed by atoms with Crippen molar-refractivity contribution in [2.75, 3.05) is 0 Å². The fourth-order valence-corrected chi connectivity index (χ4v) is 11.0. The van der Waals surface area contributed by atoms with Crippen molar-refractivity contribution >= 4 is 0 Å². The molecule has 0 saturated heterocycles. The van der Waals surface area contributed by atoms with Crippen LogP contribution < -0.4 is 10.2 Å². The molecule has 10 heteroatoms. The normalized spacial score (nSPS) is 11.2. The van der Waals surface area contributed by atoms with Crippen LogP contribution in [0.4, 0.5) is 0 Å². The van der Waals surface area contributed by atoms with Gasteiger partial charge in [-0.2, -0.15) is 0 Å². The van der Waals surface area contributed by atoms with E-state index in [4.69, 9.17) is 0 Å². The molecule has 0 bridgehead atoms. The number of para-hydroxylation sites is 2. The molecule has 0 amide bonds. The van der Waals surface area contributed by atoms with Crippen molar-refractivity contribution in [2.45, 2.75) is 78.3 Å². The van der Waals surface area contributed by atoms with Gasteiger partial charge in [0, 0.05) is 0 Å². The summed E-state index contributed by atoms with van der Waals surface area (Å²) in [5.41, 5.74) is 16.2. The van der Waals surface area contributed by atoms with Crippen LogP contribution in [0.5, 0.6) is 0 Å². The van der Waals surface area contributed by atoms with Gasteiger partial charge in [0.05, 0.1) is 0 Å². The second-order valence-corrected chi connectivity index (χ2v) is 19.4. The molecule has 6 aromatic carbocycles. The molecule has 70 heavy (non-hydrogen) atoms. The maximum absolute atomic E-state index is 4.49. The number of imidazole rings is 2. The van der Waals surface area contributed by atoms with Crippen molar-refractivity contribution in [1.29, 1.82) is 0 Å². The maximum atomic E-state index is 4.49. The van der Waals surface area contributed by atoms with E-state index >= 15 is 0 Å². The van der Waals surface area contributed by atoms with Crippen LogP contribution >= 0.6 is 0 Å². The number of aryl methyl sites for hydroxylation is 4. The van der Waals surface area contributed by atoms with Gasteiger partial charge < -0.3 is 0 Å². The quantitative estimate of drug-likeness (QED) is 0.0634. The monoisotopic (exact) mass is 1280 g/mol. The number of nitrogens with zero attached hydrogens (tertiary/aromatic N) is 8. The summed E-state index contributed by atoms with van der Waals surface area (Å²) >= 11 is 4.89. The Morgan fingerprint density at radius 3 is 1.14 bits per heavy atom. The Morgan fingerprint density at radius 1 is 0.429 bits per heavy atom. The Morgan fingerprint density at radius 2 is 0.786 bits per heavy atom. The first kappa shape index (κ1) is 48.6. The van der Waals surface area contributed by atoms with Gasteiger partial charge in [-0.05, 0) is 0 Å². The van der Waals surface area contributed by atoms with E-state index in [1.54, 1.807) is 0 Å². The van der Waals surface area contributed by atoms with Crippen molar-refractivity contribution in [3.8, 4) is 56.1 Å². The number of hydrogen-bond donors (Lipinski definition) is 0. The molecule has 0 atom stereocenters. The molecule has 0 fully saturated rings. The second-order valence-electron chi connectivity index (χ2n) is 17.4. The first-order valence-corrected chi connectivity index (χ1v) is 26.4. The Kier molecular flexibility index (Phi) is 16.6. The standard InChI is InChI=1S/2C30H28N4.2Pt/c2*1-24-30(26-16-8-3-9-17-26)28(32-31-24)20-12-5-13-21-33-23-34(27-18-10-4-11-19-27)22-29(33)25-14-6-2-7-15-25;;/h2*2-4,6-11,14-18,22H,5,12-13,20-21H2,1H3;;/q2*-2;;. The topological polar surface area (TPSA) is 73.7 Å². The zero-order valence-electron chi connectivity index (χ0n) is 39.6. The molecule has 0 N–H and O–H groups in total. The number of hydrogen-bond acceptors (Lipinski definition) is 2. The van der Waals surface area contributed by atoms with E-state index in [1.807, 2.05) is 36.4 Å². The fraction of sp³-hybridized carbons (Fsp3) is 0.200. The molecule has 0 aliphatic heterocycles. The third-order valence-corrected chi connectivity index (χ3v) is 14.9. The van der Waals surface area contributed by atoms with E-state index in [0.29, 0.717) is 0 Å². The summed E-state index contributed by atoms with van der Waals surface area (Å²) < 4.78 is 11.7. The van der Waals surface area contributed by atoms with E-state index in [9.17, 15) is 0 Å². The van der Waals surface area contributed by atoms with Gasteiger partial charge in [-0.15, -0.1) is 0 Å². The average Bonchev–Trinajstić information content (AvgIpc) is 4.17. The van der Waals surface area contributed by atoms with E-state index in [-0.39, 0.29) is 0 Å². The van der Waals surface area contributed by atoms with E-state index in [0.717, 1.165) is 98.6 Å². The van der Waals surface area contributed by atoms with Crippen LogP contribution in [0.25, 0.3) is 56.1 Å². The van der Waals surface area contributed by atoms with Gasteiger partial charge in [-0.1, -0.05) is 12.1 Å². The SMILES string of the molecule is Cc1[n-]nc(CCCCCn2c(-c3ccccc3)cn(-c3[c-]cccc3)[c]2=[Pt])c1-c1ccccc1.Cc1[n-]nc(CCCCCn2c(-c3ccccc3)cn(-c3[c-]cccc3)[c]2=[Pt])c1-c1ccccc1. The van der Waals surface area contributed by atoms with Gasteiger partial charge in [0.15, 0.2) is 0 Å². The van der Waals surface area contributed by atoms with Gasteiger partial charge in [0.2, 0.25) is 0 Å². The molecule has 0 spiro atoms. The Bertz CT molecular complexity index is 3090. The van der Waals surface area contributed by atoms with Gasteiger partial charge in [0.1, 0.15) is 0 Å². The molecule has 0 radical (unpaired) electrons. The summed E-state index contributed by atoms with van der Waals surface area (Å²) in [5, 5.41) is 17.7. The van der Waals surface area contributed by atoms with E-state index < -0.39 is 0 Å². The molecule has 0 unspecified atom stereocenters. The van der Waals surface area contributed by atoms with Crippen molar-refractivity contribution < 1.29 is 38.7 Å². The number of aromatic nitrogens is 8. The average molecular weight is 1280 g/mol. The molecule has 4 heterocycles. The summed E-state index contributed by atoms with van der Waals surface area (Å²) in [6.45, 7) is 6.05. The van der Waals surface area contributed by atoms with Crippen LogP contribution in [0.3, 0.4) is 0 Å². The molecular formula is C60H56N8Pt2-4. The van der Waals surface area contributed by atoms with Crippen LogP contribution in [0.1, 0.15) is 61.3 Å². The molecule has 0 aliphatic carbocycles. The minimum atomic E-state index is 0.957.